The summed E-state index contributed by atoms with van der Waals surface area (Å²) in [6.07, 6.45) is 0.292. The van der Waals surface area contributed by atoms with Crippen molar-refractivity contribution in [1.29, 1.82) is 0 Å². The van der Waals surface area contributed by atoms with Crippen molar-refractivity contribution in [2.75, 3.05) is 5.32 Å². The van der Waals surface area contributed by atoms with Crippen LogP contribution in [0.25, 0.3) is 0 Å². The largest absolute Gasteiger partial charge is 0.326 e. The van der Waals surface area contributed by atoms with Gasteiger partial charge in [-0.1, -0.05) is 0 Å². The van der Waals surface area contributed by atoms with Crippen LogP contribution in [-0.4, -0.2) is 14.3 Å². The molecule has 0 radical (unpaired) electrons. The summed E-state index contributed by atoms with van der Waals surface area (Å²) < 4.78 is 22.1. The smallest absolute Gasteiger partial charge is 0.238 e. The maximum Gasteiger partial charge on any atom is 0.238 e. The van der Waals surface area contributed by atoms with E-state index in [1.165, 1.54) is 35.6 Å². The third-order valence-electron chi connectivity index (χ3n) is 2.41. The number of benzene rings is 1. The standard InChI is InChI=1S/C12H12N2O3S2/c13-19(16,17)11-3-1-10(2-4-11)14-12(15)7-9-5-6-18-8-9/h1-6,8H,7H2,(H,14,15)(H2,13,16,17). The fraction of sp³-hybridized carbons (Fsp3) is 0.0833. The Morgan fingerprint density at radius 2 is 1.89 bits per heavy atom. The summed E-state index contributed by atoms with van der Waals surface area (Å²) in [5.41, 5.74) is 1.48. The van der Waals surface area contributed by atoms with Crippen LogP contribution in [0, 0.1) is 0 Å². The van der Waals surface area contributed by atoms with E-state index in [2.05, 4.69) is 5.32 Å². The Labute approximate surface area is 115 Å². The van der Waals surface area contributed by atoms with Gasteiger partial charge in [-0.3, -0.25) is 4.79 Å². The lowest BCUT2D eigenvalue weighted by Crippen LogP contribution is -2.15. The number of rotatable bonds is 4. The number of thiophene rings is 1. The van der Waals surface area contributed by atoms with Gasteiger partial charge in [0.2, 0.25) is 15.9 Å². The Morgan fingerprint density at radius 3 is 2.42 bits per heavy atom. The summed E-state index contributed by atoms with van der Waals surface area (Å²) in [5, 5.41) is 11.5. The molecule has 3 N–H and O–H groups in total. The van der Waals surface area contributed by atoms with Crippen LogP contribution in [0.2, 0.25) is 0 Å². The maximum atomic E-state index is 11.7. The SMILES string of the molecule is NS(=O)(=O)c1ccc(NC(=O)Cc2ccsc2)cc1. The Bertz CT molecular complexity index is 662. The molecule has 7 heteroatoms. The second kappa shape index (κ2) is 5.52. The molecule has 0 fully saturated rings. The molecule has 0 aliphatic rings. The zero-order chi connectivity index (χ0) is 13.9. The normalized spacial score (nSPS) is 11.2. The number of nitrogens with two attached hydrogens (primary N) is 1. The van der Waals surface area contributed by atoms with Gasteiger partial charge in [-0.05, 0) is 46.7 Å². The first-order valence-corrected chi connectivity index (χ1v) is 7.88. The van der Waals surface area contributed by atoms with Crippen molar-refractivity contribution in [2.45, 2.75) is 11.3 Å². The minimum Gasteiger partial charge on any atom is -0.326 e. The van der Waals surface area contributed by atoms with Gasteiger partial charge < -0.3 is 5.32 Å². The monoisotopic (exact) mass is 296 g/mol. The third-order valence-corrected chi connectivity index (χ3v) is 4.07. The first-order chi connectivity index (χ1) is 8.95. The van der Waals surface area contributed by atoms with Gasteiger partial charge in [0.15, 0.2) is 0 Å². The predicted molar refractivity (Wildman–Crippen MR) is 74.5 cm³/mol. The van der Waals surface area contributed by atoms with Gasteiger partial charge in [0.05, 0.1) is 11.3 Å². The molecule has 0 saturated carbocycles. The Kier molecular flexibility index (Phi) is 3.98. The van der Waals surface area contributed by atoms with E-state index in [4.69, 9.17) is 5.14 Å². The van der Waals surface area contributed by atoms with Crippen LogP contribution in [0.1, 0.15) is 5.56 Å². The van der Waals surface area contributed by atoms with E-state index in [-0.39, 0.29) is 10.8 Å². The summed E-state index contributed by atoms with van der Waals surface area (Å²) in [5.74, 6) is -0.151. The number of sulfonamides is 1. The van der Waals surface area contributed by atoms with E-state index in [9.17, 15) is 13.2 Å². The minimum absolute atomic E-state index is 0.0170. The minimum atomic E-state index is -3.70. The summed E-state index contributed by atoms with van der Waals surface area (Å²) in [4.78, 5) is 11.7. The average Bonchev–Trinajstić information content (AvgIpc) is 2.81. The highest BCUT2D eigenvalue weighted by Gasteiger charge is 2.08. The Balaban J connectivity index is 2.02. The zero-order valence-corrected chi connectivity index (χ0v) is 11.5. The highest BCUT2D eigenvalue weighted by atomic mass is 32.2. The topological polar surface area (TPSA) is 89.3 Å². The van der Waals surface area contributed by atoms with E-state index < -0.39 is 10.0 Å². The molecular formula is C12H12N2O3S2. The van der Waals surface area contributed by atoms with Gasteiger partial charge in [0.25, 0.3) is 0 Å². The van der Waals surface area contributed by atoms with Crippen molar-refractivity contribution in [3.63, 3.8) is 0 Å². The molecular weight excluding hydrogens is 284 g/mol. The van der Waals surface area contributed by atoms with Crippen LogP contribution >= 0.6 is 11.3 Å². The van der Waals surface area contributed by atoms with Gasteiger partial charge in [-0.15, -0.1) is 0 Å². The number of hydrogen-bond donors (Lipinski definition) is 2. The van der Waals surface area contributed by atoms with Crippen LogP contribution in [-0.2, 0) is 21.2 Å². The van der Waals surface area contributed by atoms with E-state index >= 15 is 0 Å². The number of carbonyl (C=O) groups excluding carboxylic acids is 1. The zero-order valence-electron chi connectivity index (χ0n) is 9.87. The number of nitrogens with one attached hydrogen (secondary N) is 1. The summed E-state index contributed by atoms with van der Waals surface area (Å²) in [7, 11) is -3.70. The highest BCUT2D eigenvalue weighted by Crippen LogP contribution is 2.13. The Hall–Kier alpha value is -1.70. The molecule has 0 atom stereocenters. The molecule has 0 bridgehead atoms. The van der Waals surface area contributed by atoms with Gasteiger partial charge in [0, 0.05) is 5.69 Å². The van der Waals surface area contributed by atoms with Crippen LogP contribution in [0.3, 0.4) is 0 Å². The molecule has 100 valence electrons. The van der Waals surface area contributed by atoms with Crippen molar-refractivity contribution in [1.82, 2.24) is 0 Å². The molecule has 0 spiro atoms. The Morgan fingerprint density at radius 1 is 1.21 bits per heavy atom. The molecule has 0 saturated heterocycles. The maximum absolute atomic E-state index is 11.7. The number of carbonyl (C=O) groups is 1. The van der Waals surface area contributed by atoms with Gasteiger partial charge >= 0.3 is 0 Å². The highest BCUT2D eigenvalue weighted by molar-refractivity contribution is 7.89. The van der Waals surface area contributed by atoms with Crippen molar-refractivity contribution >= 4 is 33.0 Å². The van der Waals surface area contributed by atoms with Gasteiger partial charge in [0.1, 0.15) is 0 Å². The lowest BCUT2D eigenvalue weighted by molar-refractivity contribution is -0.115. The van der Waals surface area contributed by atoms with E-state index in [0.717, 1.165) is 5.56 Å². The molecule has 19 heavy (non-hydrogen) atoms. The van der Waals surface area contributed by atoms with Crippen LogP contribution < -0.4 is 10.5 Å². The summed E-state index contributed by atoms with van der Waals surface area (Å²) >= 11 is 1.53. The number of anilines is 1. The van der Waals surface area contributed by atoms with Crippen LogP contribution in [0.15, 0.2) is 46.0 Å². The fourth-order valence-corrected chi connectivity index (χ4v) is 2.70. The molecule has 5 nitrogen and oxygen atoms in total. The molecule has 1 aromatic heterocycles. The third kappa shape index (κ3) is 3.88. The van der Waals surface area contributed by atoms with E-state index in [0.29, 0.717) is 12.1 Å². The molecule has 1 amide bonds. The molecule has 2 rings (SSSR count). The molecule has 1 aromatic carbocycles. The van der Waals surface area contributed by atoms with Crippen molar-refractivity contribution in [3.05, 3.63) is 46.7 Å². The average molecular weight is 296 g/mol. The summed E-state index contributed by atoms with van der Waals surface area (Å²) in [6, 6.07) is 7.61. The van der Waals surface area contributed by atoms with Gasteiger partial charge in [-0.2, -0.15) is 11.3 Å². The predicted octanol–water partition coefficient (Wildman–Crippen LogP) is 1.58. The number of primary sulfonamides is 1. The molecule has 0 aliphatic heterocycles. The van der Waals surface area contributed by atoms with Crippen LogP contribution in [0.4, 0.5) is 5.69 Å². The second-order valence-electron chi connectivity index (χ2n) is 3.93. The lowest BCUT2D eigenvalue weighted by atomic mass is 10.2. The fourth-order valence-electron chi connectivity index (χ4n) is 1.51. The van der Waals surface area contributed by atoms with Gasteiger partial charge in [-0.25, -0.2) is 13.6 Å². The summed E-state index contributed by atoms with van der Waals surface area (Å²) in [6.45, 7) is 0. The van der Waals surface area contributed by atoms with Crippen molar-refractivity contribution in [2.24, 2.45) is 5.14 Å². The first-order valence-electron chi connectivity index (χ1n) is 5.39. The molecule has 0 aliphatic carbocycles. The molecule has 0 unspecified atom stereocenters. The van der Waals surface area contributed by atoms with Crippen molar-refractivity contribution < 1.29 is 13.2 Å². The molecule has 2 aromatic rings. The van der Waals surface area contributed by atoms with Crippen LogP contribution in [0.5, 0.6) is 0 Å². The lowest BCUT2D eigenvalue weighted by Gasteiger charge is -2.05. The van der Waals surface area contributed by atoms with Crippen molar-refractivity contribution in [3.8, 4) is 0 Å². The van der Waals surface area contributed by atoms with E-state index in [1.54, 1.807) is 0 Å². The quantitative estimate of drug-likeness (QED) is 0.897. The molecule has 1 heterocycles. The number of amides is 1. The first kappa shape index (κ1) is 13.7. The second-order valence-corrected chi connectivity index (χ2v) is 6.27. The number of hydrogen-bond acceptors (Lipinski definition) is 4. The van der Waals surface area contributed by atoms with E-state index in [1.807, 2.05) is 16.8 Å².